The summed E-state index contributed by atoms with van der Waals surface area (Å²) in [6.45, 7) is 4.04. The van der Waals surface area contributed by atoms with Gasteiger partial charge in [0.2, 0.25) is 0 Å². The maximum atomic E-state index is 13.2. The van der Waals surface area contributed by atoms with Gasteiger partial charge in [-0.2, -0.15) is 26.3 Å². The van der Waals surface area contributed by atoms with Crippen LogP contribution in [0.1, 0.15) is 25.0 Å². The van der Waals surface area contributed by atoms with E-state index in [9.17, 15) is 26.3 Å². The van der Waals surface area contributed by atoms with Crippen molar-refractivity contribution < 1.29 is 31.1 Å². The summed E-state index contributed by atoms with van der Waals surface area (Å²) in [5, 5.41) is -0.365. The molecule has 2 rings (SSSR count). The van der Waals surface area contributed by atoms with Gasteiger partial charge in [-0.1, -0.05) is 41.6 Å². The Kier molecular flexibility index (Phi) is 4.26. The van der Waals surface area contributed by atoms with Crippen molar-refractivity contribution in [3.8, 4) is 0 Å². The first-order valence-corrected chi connectivity index (χ1v) is 7.29. The number of hydrogen-bond donors (Lipinski definition) is 0. The fourth-order valence-corrected chi connectivity index (χ4v) is 3.08. The molecule has 0 radical (unpaired) electrons. The summed E-state index contributed by atoms with van der Waals surface area (Å²) in [6.07, 6.45) is -11.5. The number of thioether (sulfide) groups is 1. The molecule has 0 saturated heterocycles. The average molecular weight is 357 g/mol. The van der Waals surface area contributed by atoms with E-state index < -0.39 is 23.0 Å². The average Bonchev–Trinajstić information content (AvgIpc) is 2.35. The van der Waals surface area contributed by atoms with Gasteiger partial charge >= 0.3 is 18.1 Å². The van der Waals surface area contributed by atoms with Crippen LogP contribution >= 0.6 is 11.8 Å². The minimum absolute atomic E-state index is 0.176. The van der Waals surface area contributed by atoms with Crippen LogP contribution in [0, 0.1) is 6.92 Å². The number of rotatable bonds is 1. The minimum atomic E-state index is -5.74. The molecule has 0 bridgehead atoms. The summed E-state index contributed by atoms with van der Waals surface area (Å²) in [7, 11) is 0. The molecule has 0 saturated carbocycles. The van der Waals surface area contributed by atoms with Crippen LogP contribution in [0.5, 0.6) is 0 Å². The highest BCUT2D eigenvalue weighted by Crippen LogP contribution is 2.54. The third-order valence-corrected chi connectivity index (χ3v) is 4.16. The van der Waals surface area contributed by atoms with E-state index in [2.05, 4.69) is 9.73 Å². The number of benzene rings is 1. The highest BCUT2D eigenvalue weighted by Gasteiger charge is 2.76. The first-order valence-electron chi connectivity index (χ1n) is 6.47. The number of hydrogen-bond acceptors (Lipinski definition) is 3. The Balaban J connectivity index is 2.67. The highest BCUT2D eigenvalue weighted by atomic mass is 32.2. The third-order valence-electron chi connectivity index (χ3n) is 3.06. The quantitative estimate of drug-likeness (QED) is 0.655. The lowest BCUT2D eigenvalue weighted by Gasteiger charge is -2.43. The van der Waals surface area contributed by atoms with Crippen LogP contribution in [0.25, 0.3) is 0 Å². The van der Waals surface area contributed by atoms with Crippen molar-refractivity contribution in [2.45, 2.75) is 43.8 Å². The first-order chi connectivity index (χ1) is 10.3. The summed E-state index contributed by atoms with van der Waals surface area (Å²) in [5.74, 6) is 0. The van der Waals surface area contributed by atoms with Gasteiger partial charge in [-0.3, -0.25) is 0 Å². The molecule has 0 fully saturated rings. The summed E-state index contributed by atoms with van der Waals surface area (Å²) in [5.41, 5.74) is -3.58. The topological polar surface area (TPSA) is 21.6 Å². The lowest BCUT2D eigenvalue weighted by Crippen LogP contribution is -2.62. The van der Waals surface area contributed by atoms with E-state index in [1.54, 1.807) is 19.1 Å². The Morgan fingerprint density at radius 2 is 1.43 bits per heavy atom. The Morgan fingerprint density at radius 1 is 0.957 bits per heavy atom. The van der Waals surface area contributed by atoms with Crippen molar-refractivity contribution in [2.24, 2.45) is 4.99 Å². The SMILES string of the molecule is Cc1ccc(C2=NC(C(F)(F)F)(C(F)(F)F)OC(C)(C)S2)cc1. The van der Waals surface area contributed by atoms with Crippen molar-refractivity contribution in [2.75, 3.05) is 0 Å². The summed E-state index contributed by atoms with van der Waals surface area (Å²) >= 11 is 0.710. The molecule has 0 spiro atoms. The molecule has 128 valence electrons. The molecule has 1 aliphatic heterocycles. The van der Waals surface area contributed by atoms with E-state index in [1.165, 1.54) is 12.1 Å². The second-order valence-corrected chi connectivity index (χ2v) is 7.10. The van der Waals surface area contributed by atoms with Crippen LogP contribution in [0.15, 0.2) is 29.3 Å². The van der Waals surface area contributed by atoms with Crippen molar-refractivity contribution in [1.82, 2.24) is 0 Å². The van der Waals surface area contributed by atoms with Crippen molar-refractivity contribution in [3.05, 3.63) is 35.4 Å². The number of halogens is 6. The first kappa shape index (κ1) is 18.1. The molecule has 0 aliphatic carbocycles. The fourth-order valence-electron chi connectivity index (χ4n) is 2.02. The molecule has 0 unspecified atom stereocenters. The van der Waals surface area contributed by atoms with E-state index in [4.69, 9.17) is 0 Å². The van der Waals surface area contributed by atoms with Gasteiger partial charge in [0.15, 0.2) is 0 Å². The number of aliphatic imine (C=N–C) groups is 1. The zero-order valence-corrected chi connectivity index (χ0v) is 13.2. The molecule has 1 aromatic carbocycles. The highest BCUT2D eigenvalue weighted by molar-refractivity contribution is 8.15. The van der Waals surface area contributed by atoms with Gasteiger partial charge in [0, 0.05) is 5.56 Å². The van der Waals surface area contributed by atoms with Gasteiger partial charge in [0.05, 0.1) is 0 Å². The maximum Gasteiger partial charge on any atom is 0.448 e. The van der Waals surface area contributed by atoms with Gasteiger partial charge in [-0.25, -0.2) is 4.99 Å². The molecule has 1 aliphatic rings. The van der Waals surface area contributed by atoms with Crippen molar-refractivity contribution in [1.29, 1.82) is 0 Å². The lowest BCUT2D eigenvalue weighted by molar-refractivity contribution is -0.389. The molecule has 2 nitrogen and oxygen atoms in total. The van der Waals surface area contributed by atoms with E-state index in [0.29, 0.717) is 11.8 Å². The van der Waals surface area contributed by atoms with E-state index in [0.717, 1.165) is 19.4 Å². The van der Waals surface area contributed by atoms with E-state index in [-0.39, 0.29) is 10.6 Å². The zero-order valence-electron chi connectivity index (χ0n) is 12.3. The van der Waals surface area contributed by atoms with E-state index in [1.807, 2.05) is 0 Å². The Morgan fingerprint density at radius 3 is 1.87 bits per heavy atom. The predicted molar refractivity (Wildman–Crippen MR) is 75.3 cm³/mol. The number of ether oxygens (including phenoxy) is 1. The number of alkyl halides is 6. The zero-order chi connectivity index (χ0) is 17.7. The maximum absolute atomic E-state index is 13.2. The van der Waals surface area contributed by atoms with Gasteiger partial charge < -0.3 is 4.74 Å². The van der Waals surface area contributed by atoms with Crippen LogP contribution in [-0.2, 0) is 4.74 Å². The molecule has 0 amide bonds. The molecule has 1 aromatic rings. The van der Waals surface area contributed by atoms with Crippen LogP contribution in [0.3, 0.4) is 0 Å². The standard InChI is InChI=1S/C14H13F6NOS/c1-8-4-6-9(7-5-8)10-21-12(13(15,16)17,14(18,19)20)22-11(2,3)23-10/h4-7H,1-3H3. The molecular weight excluding hydrogens is 344 g/mol. The van der Waals surface area contributed by atoms with Gasteiger partial charge in [-0.15, -0.1) is 0 Å². The van der Waals surface area contributed by atoms with Crippen LogP contribution in [-0.4, -0.2) is 28.1 Å². The second-order valence-electron chi connectivity index (χ2n) is 5.53. The van der Waals surface area contributed by atoms with Crippen LogP contribution in [0.2, 0.25) is 0 Å². The Bertz CT molecular complexity index is 604. The Labute approximate surface area is 132 Å². The van der Waals surface area contributed by atoms with Crippen LogP contribution in [0.4, 0.5) is 26.3 Å². The smallest absolute Gasteiger partial charge is 0.322 e. The molecule has 9 heteroatoms. The monoisotopic (exact) mass is 357 g/mol. The molecule has 0 aromatic heterocycles. The normalized spacial score (nSPS) is 21.0. The van der Waals surface area contributed by atoms with E-state index >= 15 is 0 Å². The fraction of sp³-hybridized carbons (Fsp3) is 0.500. The molecule has 23 heavy (non-hydrogen) atoms. The molecule has 1 heterocycles. The largest absolute Gasteiger partial charge is 0.448 e. The molecular formula is C14H13F6NOS. The number of aryl methyl sites for hydroxylation is 1. The minimum Gasteiger partial charge on any atom is -0.322 e. The lowest BCUT2D eigenvalue weighted by atomic mass is 10.1. The van der Waals surface area contributed by atoms with Crippen LogP contribution < -0.4 is 0 Å². The van der Waals surface area contributed by atoms with Gasteiger partial charge in [0.1, 0.15) is 9.98 Å². The summed E-state index contributed by atoms with van der Waals surface area (Å²) in [4.78, 5) is 1.20. The van der Waals surface area contributed by atoms with Crippen molar-refractivity contribution >= 4 is 16.8 Å². The summed E-state index contributed by atoms with van der Waals surface area (Å²) < 4.78 is 83.8. The van der Waals surface area contributed by atoms with Gasteiger partial charge in [0.25, 0.3) is 0 Å². The van der Waals surface area contributed by atoms with Gasteiger partial charge in [-0.05, 0) is 20.8 Å². The molecule has 0 atom stereocenters. The van der Waals surface area contributed by atoms with Crippen molar-refractivity contribution in [3.63, 3.8) is 0 Å². The second kappa shape index (κ2) is 5.41. The Hall–Kier alpha value is -1.22. The third kappa shape index (κ3) is 3.35. The molecule has 0 N–H and O–H groups in total. The predicted octanol–water partition coefficient (Wildman–Crippen LogP) is 5.06. The number of nitrogens with zero attached hydrogens (tertiary/aromatic N) is 1. The summed E-state index contributed by atoms with van der Waals surface area (Å²) in [6, 6.07) is 6.04.